The molecule has 0 fully saturated rings. The van der Waals surface area contributed by atoms with Gasteiger partial charge < -0.3 is 19.8 Å². The number of phosphoric acid groups is 1. The fourth-order valence-electron chi connectivity index (χ4n) is 0.158. The minimum absolute atomic E-state index is 0. The maximum absolute atomic E-state index is 8.77. The van der Waals surface area contributed by atoms with Crippen molar-refractivity contribution < 1.29 is 75.7 Å². The first kappa shape index (κ1) is 18.5. The van der Waals surface area contributed by atoms with Crippen LogP contribution in [0.4, 0.5) is 0 Å². The molecule has 64 valence electrons. The zero-order valence-corrected chi connectivity index (χ0v) is 10.7. The first-order chi connectivity index (χ1) is 4.41. The van der Waals surface area contributed by atoms with Gasteiger partial charge in [0.2, 0.25) is 0 Å². The van der Waals surface area contributed by atoms with E-state index in [1.54, 1.807) is 0 Å². The van der Waals surface area contributed by atoms with Crippen molar-refractivity contribution in [3.05, 3.63) is 0 Å². The molecule has 0 aliphatic carbocycles. The molecule has 0 amide bonds. The van der Waals surface area contributed by atoms with E-state index in [4.69, 9.17) is 24.4 Å². The molecule has 11 heavy (non-hydrogen) atoms. The molecule has 0 bridgehead atoms. The molecule has 0 heterocycles. The quantitative estimate of drug-likeness (QED) is 0.321. The van der Waals surface area contributed by atoms with Crippen molar-refractivity contribution in [1.29, 1.82) is 0 Å². The molecule has 0 aromatic heterocycles. The minimum Gasteiger partial charge on any atom is -0.756 e. The Kier molecular flexibility index (Phi) is 19.7. The van der Waals surface area contributed by atoms with Crippen molar-refractivity contribution >= 4 is 7.82 Å². The molecule has 0 aromatic rings. The maximum Gasteiger partial charge on any atom is 1.00 e. The summed E-state index contributed by atoms with van der Waals surface area (Å²) in [5.41, 5.74) is 0. The maximum atomic E-state index is 8.77. The number of rotatable bonds is 2. The Bertz CT molecular complexity index is 92.4. The molecule has 0 aliphatic heterocycles. The second kappa shape index (κ2) is 11.7. The van der Waals surface area contributed by atoms with Gasteiger partial charge in [-0.05, 0) is 6.42 Å². The third-order valence-corrected chi connectivity index (χ3v) is 0.512. The van der Waals surface area contributed by atoms with Crippen LogP contribution in [0.1, 0.15) is 19.8 Å². The SMILES string of the molecule is CCCCO.O=P([O-])(O)O.[K+]. The molecule has 3 N–H and O–H groups in total. The fourth-order valence-corrected chi connectivity index (χ4v) is 0.158. The number of aliphatic hydroxyl groups is 1. The molecule has 0 aliphatic rings. The molecule has 7 heteroatoms. The predicted molar refractivity (Wildman–Crippen MR) is 34.0 cm³/mol. The van der Waals surface area contributed by atoms with Gasteiger partial charge >= 0.3 is 51.4 Å². The Labute approximate surface area is 108 Å². The van der Waals surface area contributed by atoms with Crippen molar-refractivity contribution in [3.63, 3.8) is 0 Å². The Balaban J connectivity index is -0.000000107. The smallest absolute Gasteiger partial charge is 0.756 e. The topological polar surface area (TPSA) is 101 Å². The molecule has 0 rings (SSSR count). The summed E-state index contributed by atoms with van der Waals surface area (Å²) in [5.74, 6) is 0. The van der Waals surface area contributed by atoms with E-state index in [0.717, 1.165) is 12.8 Å². The number of hydrogen-bond acceptors (Lipinski definition) is 3. The van der Waals surface area contributed by atoms with Crippen LogP contribution in [-0.2, 0) is 4.57 Å². The van der Waals surface area contributed by atoms with E-state index in [0.29, 0.717) is 6.61 Å². The zero-order chi connectivity index (χ0) is 8.62. The van der Waals surface area contributed by atoms with E-state index in [-0.39, 0.29) is 51.4 Å². The Morgan fingerprint density at radius 3 is 1.73 bits per heavy atom. The summed E-state index contributed by atoms with van der Waals surface area (Å²) in [4.78, 5) is 22.9. The molecule has 0 atom stereocenters. The molecule has 0 saturated heterocycles. The normalized spacial score (nSPS) is 9.18. The van der Waals surface area contributed by atoms with Crippen molar-refractivity contribution in [3.8, 4) is 0 Å². The van der Waals surface area contributed by atoms with Crippen LogP contribution in [0.5, 0.6) is 0 Å². The summed E-state index contributed by atoms with van der Waals surface area (Å²) in [6.45, 7) is 2.40. The van der Waals surface area contributed by atoms with Gasteiger partial charge in [-0.25, -0.2) is 0 Å². The van der Waals surface area contributed by atoms with E-state index in [1.807, 2.05) is 0 Å². The molecule has 0 aromatic carbocycles. The van der Waals surface area contributed by atoms with Gasteiger partial charge in [-0.3, -0.25) is 4.57 Å². The Morgan fingerprint density at radius 1 is 1.45 bits per heavy atom. The van der Waals surface area contributed by atoms with E-state index in [2.05, 4.69) is 6.92 Å². The third kappa shape index (κ3) is 80.3. The largest absolute Gasteiger partial charge is 1.00 e. The van der Waals surface area contributed by atoms with E-state index >= 15 is 0 Å². The molecule has 0 spiro atoms. The van der Waals surface area contributed by atoms with Gasteiger partial charge in [-0.2, -0.15) is 0 Å². The van der Waals surface area contributed by atoms with Crippen LogP contribution < -0.4 is 56.3 Å². The predicted octanol–water partition coefficient (Wildman–Crippen LogP) is -3.78. The van der Waals surface area contributed by atoms with Gasteiger partial charge in [0.05, 0.1) is 0 Å². The molecule has 5 nitrogen and oxygen atoms in total. The van der Waals surface area contributed by atoms with Crippen LogP contribution in [0.25, 0.3) is 0 Å². The Morgan fingerprint density at radius 2 is 1.73 bits per heavy atom. The monoisotopic (exact) mass is 210 g/mol. The van der Waals surface area contributed by atoms with Crippen molar-refractivity contribution in [2.75, 3.05) is 6.61 Å². The van der Waals surface area contributed by atoms with Gasteiger partial charge in [0.25, 0.3) is 7.82 Å². The summed E-state index contributed by atoms with van der Waals surface area (Å²) in [6, 6.07) is 0. The van der Waals surface area contributed by atoms with Gasteiger partial charge in [0.15, 0.2) is 0 Å². The van der Waals surface area contributed by atoms with E-state index in [1.165, 1.54) is 0 Å². The van der Waals surface area contributed by atoms with E-state index in [9.17, 15) is 0 Å². The van der Waals surface area contributed by atoms with Crippen LogP contribution in [0.3, 0.4) is 0 Å². The van der Waals surface area contributed by atoms with Gasteiger partial charge in [-0.15, -0.1) is 0 Å². The number of aliphatic hydroxyl groups excluding tert-OH is 1. The average Bonchev–Trinajstić information content (AvgIpc) is 1.63. The number of hydrogen-bond donors (Lipinski definition) is 3. The van der Waals surface area contributed by atoms with Crippen LogP contribution in [0.2, 0.25) is 0 Å². The zero-order valence-electron chi connectivity index (χ0n) is 6.73. The van der Waals surface area contributed by atoms with Crippen molar-refractivity contribution in [1.82, 2.24) is 0 Å². The minimum atomic E-state index is -4.89. The van der Waals surface area contributed by atoms with Gasteiger partial charge in [0, 0.05) is 6.61 Å². The second-order valence-corrected chi connectivity index (χ2v) is 2.55. The third-order valence-electron chi connectivity index (χ3n) is 0.512. The molecule has 0 radical (unpaired) electrons. The molecule has 0 unspecified atom stereocenters. The van der Waals surface area contributed by atoms with Gasteiger partial charge in [0.1, 0.15) is 0 Å². The van der Waals surface area contributed by atoms with Crippen LogP contribution in [0.15, 0.2) is 0 Å². The van der Waals surface area contributed by atoms with Crippen LogP contribution >= 0.6 is 7.82 Å². The molecular formula is C4H12KO5P. The summed E-state index contributed by atoms with van der Waals surface area (Å²) in [5, 5.41) is 8.07. The summed E-state index contributed by atoms with van der Waals surface area (Å²) >= 11 is 0. The summed E-state index contributed by atoms with van der Waals surface area (Å²) in [6.07, 6.45) is 2.04. The van der Waals surface area contributed by atoms with Crippen molar-refractivity contribution in [2.45, 2.75) is 19.8 Å². The molecule has 0 saturated carbocycles. The molecular weight excluding hydrogens is 198 g/mol. The summed E-state index contributed by atoms with van der Waals surface area (Å²) in [7, 11) is -4.89. The fraction of sp³-hybridized carbons (Fsp3) is 1.00. The first-order valence-electron chi connectivity index (χ1n) is 2.79. The van der Waals surface area contributed by atoms with Crippen LogP contribution in [0, 0.1) is 0 Å². The average molecular weight is 210 g/mol. The van der Waals surface area contributed by atoms with Crippen molar-refractivity contribution in [2.24, 2.45) is 0 Å². The van der Waals surface area contributed by atoms with E-state index < -0.39 is 7.82 Å². The van der Waals surface area contributed by atoms with Gasteiger partial charge in [-0.1, -0.05) is 13.3 Å². The first-order valence-corrected chi connectivity index (χ1v) is 4.32. The second-order valence-electron chi connectivity index (χ2n) is 1.57. The number of unbranched alkanes of at least 4 members (excludes halogenated alkanes) is 1. The Hall–Kier alpha value is 1.71. The standard InChI is InChI=1S/C4H10O.K.H3O4P/c1-2-3-4-5;;1-5(2,3)4/h5H,2-4H2,1H3;;(H3,1,2,3,4)/q;+1;/p-1. The summed E-state index contributed by atoms with van der Waals surface area (Å²) < 4.78 is 8.77. The van der Waals surface area contributed by atoms with Crippen LogP contribution in [-0.4, -0.2) is 21.5 Å².